The first-order chi connectivity index (χ1) is 12.7. The van der Waals surface area contributed by atoms with Gasteiger partial charge in [0.05, 0.1) is 5.69 Å². The predicted molar refractivity (Wildman–Crippen MR) is 112 cm³/mol. The molecule has 0 fully saturated rings. The van der Waals surface area contributed by atoms with Crippen molar-refractivity contribution in [3.63, 3.8) is 0 Å². The van der Waals surface area contributed by atoms with Crippen molar-refractivity contribution in [3.8, 4) is 11.1 Å². The van der Waals surface area contributed by atoms with Gasteiger partial charge in [0.25, 0.3) is 0 Å². The zero-order valence-corrected chi connectivity index (χ0v) is 16.7. The van der Waals surface area contributed by atoms with Crippen LogP contribution in [0.5, 0.6) is 0 Å². The molecule has 0 unspecified atom stereocenters. The van der Waals surface area contributed by atoms with Gasteiger partial charge in [-0.15, -0.1) is 0 Å². The maximum atomic E-state index is 15.4. The number of rotatable bonds is 2. The Morgan fingerprint density at radius 1 is 0.778 bits per heavy atom. The molecular formula is C25H26FN. The summed E-state index contributed by atoms with van der Waals surface area (Å²) < 4.78 is 15.4. The van der Waals surface area contributed by atoms with Crippen LogP contribution in [-0.2, 0) is 5.41 Å². The van der Waals surface area contributed by atoms with E-state index in [1.165, 1.54) is 11.1 Å². The fourth-order valence-electron chi connectivity index (χ4n) is 4.35. The molecule has 0 N–H and O–H groups in total. The summed E-state index contributed by atoms with van der Waals surface area (Å²) in [5, 5.41) is 0. The quantitative estimate of drug-likeness (QED) is 0.473. The van der Waals surface area contributed by atoms with E-state index in [-0.39, 0.29) is 16.8 Å². The van der Waals surface area contributed by atoms with E-state index >= 15 is 4.39 Å². The highest BCUT2D eigenvalue weighted by Crippen LogP contribution is 2.51. The van der Waals surface area contributed by atoms with Crippen LogP contribution in [0, 0.1) is 5.82 Å². The Labute approximate surface area is 161 Å². The minimum atomic E-state index is -0.260. The molecule has 0 radical (unpaired) electrons. The van der Waals surface area contributed by atoms with Gasteiger partial charge in [-0.3, -0.25) is 0 Å². The van der Waals surface area contributed by atoms with Gasteiger partial charge in [-0.2, -0.15) is 0 Å². The lowest BCUT2D eigenvalue weighted by Crippen LogP contribution is -2.38. The molecule has 0 saturated carbocycles. The number of hydrogen-bond acceptors (Lipinski definition) is 1. The summed E-state index contributed by atoms with van der Waals surface area (Å²) in [7, 11) is 0. The number of halogens is 1. The second-order valence-electron chi connectivity index (χ2n) is 8.86. The van der Waals surface area contributed by atoms with Crippen molar-refractivity contribution in [2.75, 3.05) is 4.90 Å². The fraction of sp³-hybridized carbons (Fsp3) is 0.280. The molecule has 1 nitrogen and oxygen atoms in total. The van der Waals surface area contributed by atoms with Gasteiger partial charge in [0.15, 0.2) is 0 Å². The zero-order chi connectivity index (χ0) is 19.4. The summed E-state index contributed by atoms with van der Waals surface area (Å²) >= 11 is 0. The highest BCUT2D eigenvalue weighted by molar-refractivity contribution is 5.84. The van der Waals surface area contributed by atoms with Crippen molar-refractivity contribution in [1.82, 2.24) is 0 Å². The molecule has 0 spiro atoms. The van der Waals surface area contributed by atoms with Crippen LogP contribution in [0.2, 0.25) is 0 Å². The molecule has 1 aliphatic carbocycles. The molecule has 0 aromatic heterocycles. The Bertz CT molecular complexity index is 997. The summed E-state index contributed by atoms with van der Waals surface area (Å²) in [5.41, 5.74) is 5.84. The van der Waals surface area contributed by atoms with Crippen LogP contribution >= 0.6 is 0 Å². The SMILES string of the molecule is CC1(C)c2ccccc2-c2cc(N(c3ccccc3)C(C)(C)C)c(F)cc21. The average Bonchev–Trinajstić information content (AvgIpc) is 2.83. The number of para-hydroxylation sites is 1. The molecule has 1 aliphatic rings. The van der Waals surface area contributed by atoms with E-state index in [0.717, 1.165) is 16.8 Å². The van der Waals surface area contributed by atoms with Gasteiger partial charge < -0.3 is 4.90 Å². The summed E-state index contributed by atoms with van der Waals surface area (Å²) in [4.78, 5) is 2.09. The Morgan fingerprint density at radius 3 is 2.07 bits per heavy atom. The summed E-state index contributed by atoms with van der Waals surface area (Å²) in [5.74, 6) is -0.173. The maximum Gasteiger partial charge on any atom is 0.147 e. The van der Waals surface area contributed by atoms with Crippen LogP contribution in [-0.4, -0.2) is 5.54 Å². The van der Waals surface area contributed by atoms with Crippen molar-refractivity contribution >= 4 is 11.4 Å². The zero-order valence-electron chi connectivity index (χ0n) is 16.7. The maximum absolute atomic E-state index is 15.4. The number of benzene rings is 3. The van der Waals surface area contributed by atoms with Gasteiger partial charge in [0.1, 0.15) is 5.82 Å². The van der Waals surface area contributed by atoms with E-state index in [0.29, 0.717) is 5.69 Å². The van der Waals surface area contributed by atoms with Gasteiger partial charge in [-0.05, 0) is 67.3 Å². The van der Waals surface area contributed by atoms with Crippen LogP contribution < -0.4 is 4.90 Å². The molecule has 0 aliphatic heterocycles. The first-order valence-electron chi connectivity index (χ1n) is 9.50. The summed E-state index contributed by atoms with van der Waals surface area (Å²) in [6.45, 7) is 10.7. The molecule has 27 heavy (non-hydrogen) atoms. The van der Waals surface area contributed by atoms with Gasteiger partial charge in [0.2, 0.25) is 0 Å². The minimum Gasteiger partial charge on any atom is -0.334 e. The monoisotopic (exact) mass is 359 g/mol. The fourth-order valence-corrected chi connectivity index (χ4v) is 4.35. The topological polar surface area (TPSA) is 3.24 Å². The first-order valence-corrected chi connectivity index (χ1v) is 9.50. The Hall–Kier alpha value is -2.61. The van der Waals surface area contributed by atoms with Gasteiger partial charge in [-0.1, -0.05) is 56.3 Å². The average molecular weight is 359 g/mol. The molecule has 0 amide bonds. The molecule has 2 heteroatoms. The van der Waals surface area contributed by atoms with Crippen LogP contribution in [0.4, 0.5) is 15.8 Å². The first kappa shape index (κ1) is 17.8. The van der Waals surface area contributed by atoms with E-state index in [2.05, 4.69) is 63.8 Å². The van der Waals surface area contributed by atoms with Crippen LogP contribution in [0.3, 0.4) is 0 Å². The highest BCUT2D eigenvalue weighted by atomic mass is 19.1. The predicted octanol–water partition coefficient (Wildman–Crippen LogP) is 7.07. The standard InChI is InChI=1S/C25H26FN/c1-24(2,3)27(17-11-7-6-8-12-17)23-15-19-18-13-9-10-14-20(18)25(4,5)21(19)16-22(23)26/h6-16H,1-5H3. The van der Waals surface area contributed by atoms with E-state index in [9.17, 15) is 0 Å². The number of hydrogen-bond donors (Lipinski definition) is 0. The number of nitrogens with zero attached hydrogens (tertiary/aromatic N) is 1. The van der Waals surface area contributed by atoms with E-state index in [1.54, 1.807) is 6.07 Å². The normalized spacial score (nSPS) is 14.6. The Balaban J connectivity index is 1.97. The van der Waals surface area contributed by atoms with Crippen molar-refractivity contribution in [3.05, 3.63) is 83.7 Å². The van der Waals surface area contributed by atoms with E-state index in [1.807, 2.05) is 36.4 Å². The lowest BCUT2D eigenvalue weighted by molar-refractivity contribution is 0.539. The lowest BCUT2D eigenvalue weighted by Gasteiger charge is -2.38. The van der Waals surface area contributed by atoms with Crippen molar-refractivity contribution in [1.29, 1.82) is 0 Å². The molecule has 4 rings (SSSR count). The van der Waals surface area contributed by atoms with Gasteiger partial charge in [0, 0.05) is 16.6 Å². The molecule has 3 aromatic carbocycles. The molecule has 0 saturated heterocycles. The second kappa shape index (κ2) is 5.95. The highest BCUT2D eigenvalue weighted by Gasteiger charge is 2.37. The number of fused-ring (bicyclic) bond motifs is 3. The third-order valence-corrected chi connectivity index (χ3v) is 5.58. The minimum absolute atomic E-state index is 0.173. The molecule has 138 valence electrons. The molecular weight excluding hydrogens is 333 g/mol. The Kier molecular flexibility index (Phi) is 3.92. The van der Waals surface area contributed by atoms with Crippen LogP contribution in [0.25, 0.3) is 11.1 Å². The second-order valence-corrected chi connectivity index (χ2v) is 8.86. The van der Waals surface area contributed by atoms with Crippen molar-refractivity contribution in [2.45, 2.75) is 45.6 Å². The summed E-state index contributed by atoms with van der Waals surface area (Å²) in [6.07, 6.45) is 0. The van der Waals surface area contributed by atoms with Crippen LogP contribution in [0.15, 0.2) is 66.7 Å². The van der Waals surface area contributed by atoms with Gasteiger partial charge in [-0.25, -0.2) is 4.39 Å². The number of anilines is 2. The third kappa shape index (κ3) is 2.75. The van der Waals surface area contributed by atoms with Gasteiger partial charge >= 0.3 is 0 Å². The molecule has 0 atom stereocenters. The lowest BCUT2D eigenvalue weighted by atomic mass is 9.82. The summed E-state index contributed by atoms with van der Waals surface area (Å²) in [6, 6.07) is 22.3. The van der Waals surface area contributed by atoms with E-state index < -0.39 is 0 Å². The third-order valence-electron chi connectivity index (χ3n) is 5.58. The van der Waals surface area contributed by atoms with Crippen molar-refractivity contribution < 1.29 is 4.39 Å². The van der Waals surface area contributed by atoms with Crippen molar-refractivity contribution in [2.24, 2.45) is 0 Å². The molecule has 3 aromatic rings. The Morgan fingerprint density at radius 2 is 1.41 bits per heavy atom. The van der Waals surface area contributed by atoms with E-state index in [4.69, 9.17) is 0 Å². The molecule has 0 bridgehead atoms. The smallest absolute Gasteiger partial charge is 0.147 e. The molecule has 0 heterocycles. The largest absolute Gasteiger partial charge is 0.334 e. The van der Waals surface area contributed by atoms with Crippen LogP contribution in [0.1, 0.15) is 45.7 Å².